The van der Waals surface area contributed by atoms with Gasteiger partial charge in [0.1, 0.15) is 0 Å². The highest BCUT2D eigenvalue weighted by molar-refractivity contribution is 9.10. The first kappa shape index (κ1) is 14.4. The van der Waals surface area contributed by atoms with Crippen molar-refractivity contribution in [3.05, 3.63) is 28.7 Å². The maximum atomic E-state index is 11.9. The third-order valence-corrected chi connectivity index (χ3v) is 4.54. The molecule has 1 aliphatic rings. The van der Waals surface area contributed by atoms with Crippen LogP contribution >= 0.6 is 27.7 Å². The van der Waals surface area contributed by atoms with Crippen LogP contribution in [0.4, 0.5) is 11.6 Å². The molecule has 1 heterocycles. The minimum atomic E-state index is -0.0776. The smallest absolute Gasteiger partial charge is 0.234 e. The predicted molar refractivity (Wildman–Crippen MR) is 86.2 cm³/mol. The SMILES string of the molecule is Nc1nnc(SCC(=O)Nc2ccc(Br)cc2)n1C1CC1. The Morgan fingerprint density at radius 3 is 2.76 bits per heavy atom. The summed E-state index contributed by atoms with van der Waals surface area (Å²) in [6.07, 6.45) is 2.20. The quantitative estimate of drug-likeness (QED) is 0.793. The monoisotopic (exact) mass is 367 g/mol. The second-order valence-electron chi connectivity index (χ2n) is 4.79. The third-order valence-electron chi connectivity index (χ3n) is 3.06. The zero-order chi connectivity index (χ0) is 14.8. The van der Waals surface area contributed by atoms with Crippen molar-refractivity contribution < 1.29 is 4.79 Å². The van der Waals surface area contributed by atoms with E-state index < -0.39 is 0 Å². The van der Waals surface area contributed by atoms with Gasteiger partial charge in [-0.15, -0.1) is 10.2 Å². The summed E-state index contributed by atoms with van der Waals surface area (Å²) in [6.45, 7) is 0. The number of halogens is 1. The Kier molecular flexibility index (Phi) is 4.16. The van der Waals surface area contributed by atoms with Crippen molar-refractivity contribution in [2.75, 3.05) is 16.8 Å². The fraction of sp³-hybridized carbons (Fsp3) is 0.308. The van der Waals surface area contributed by atoms with Crippen molar-refractivity contribution in [3.8, 4) is 0 Å². The van der Waals surface area contributed by atoms with E-state index in [2.05, 4.69) is 31.4 Å². The molecule has 1 aliphatic carbocycles. The van der Waals surface area contributed by atoms with Crippen molar-refractivity contribution in [1.82, 2.24) is 14.8 Å². The number of hydrogen-bond donors (Lipinski definition) is 2. The van der Waals surface area contributed by atoms with Gasteiger partial charge >= 0.3 is 0 Å². The Bertz CT molecular complexity index is 653. The van der Waals surface area contributed by atoms with E-state index in [9.17, 15) is 4.79 Å². The summed E-state index contributed by atoms with van der Waals surface area (Å²) < 4.78 is 2.89. The zero-order valence-electron chi connectivity index (χ0n) is 11.1. The highest BCUT2D eigenvalue weighted by Crippen LogP contribution is 2.39. The molecule has 8 heteroatoms. The van der Waals surface area contributed by atoms with Gasteiger partial charge in [0.25, 0.3) is 0 Å². The van der Waals surface area contributed by atoms with Crippen LogP contribution in [0.1, 0.15) is 18.9 Å². The Labute approximate surface area is 134 Å². The molecular weight excluding hydrogens is 354 g/mol. The fourth-order valence-electron chi connectivity index (χ4n) is 1.92. The molecule has 0 radical (unpaired) electrons. The van der Waals surface area contributed by atoms with Crippen LogP contribution in [0.2, 0.25) is 0 Å². The molecule has 1 saturated carbocycles. The van der Waals surface area contributed by atoms with Crippen LogP contribution in [0.5, 0.6) is 0 Å². The maximum Gasteiger partial charge on any atom is 0.234 e. The van der Waals surface area contributed by atoms with Gasteiger partial charge in [-0.3, -0.25) is 9.36 Å². The summed E-state index contributed by atoms with van der Waals surface area (Å²) >= 11 is 4.71. The number of nitrogen functional groups attached to an aromatic ring is 1. The van der Waals surface area contributed by atoms with Gasteiger partial charge in [0, 0.05) is 16.2 Å². The number of nitrogens with two attached hydrogens (primary N) is 1. The number of amides is 1. The molecule has 0 saturated heterocycles. The van der Waals surface area contributed by atoms with Crippen LogP contribution in [-0.2, 0) is 4.79 Å². The van der Waals surface area contributed by atoms with Crippen molar-refractivity contribution in [3.63, 3.8) is 0 Å². The first-order chi connectivity index (χ1) is 10.1. The van der Waals surface area contributed by atoms with E-state index >= 15 is 0 Å². The standard InChI is InChI=1S/C13H14BrN5OS/c14-8-1-3-9(4-2-8)16-11(20)7-21-13-18-17-12(15)19(13)10-5-6-10/h1-4,10H,5-7H2,(H2,15,17)(H,16,20). The van der Waals surface area contributed by atoms with Gasteiger partial charge in [0.2, 0.25) is 11.9 Å². The Morgan fingerprint density at radius 2 is 2.10 bits per heavy atom. The molecule has 6 nitrogen and oxygen atoms in total. The molecule has 0 spiro atoms. The van der Waals surface area contributed by atoms with E-state index in [1.165, 1.54) is 11.8 Å². The van der Waals surface area contributed by atoms with E-state index in [1.807, 2.05) is 28.8 Å². The number of aromatic nitrogens is 3. The van der Waals surface area contributed by atoms with Gasteiger partial charge in [-0.25, -0.2) is 0 Å². The number of rotatable bonds is 5. The van der Waals surface area contributed by atoms with E-state index in [0.29, 0.717) is 17.1 Å². The number of hydrogen-bond acceptors (Lipinski definition) is 5. The second-order valence-corrected chi connectivity index (χ2v) is 6.64. The molecule has 0 bridgehead atoms. The fourth-order valence-corrected chi connectivity index (χ4v) is 3.00. The summed E-state index contributed by atoms with van der Waals surface area (Å²) in [6, 6.07) is 7.85. The maximum absolute atomic E-state index is 11.9. The van der Waals surface area contributed by atoms with Crippen molar-refractivity contribution >= 4 is 45.2 Å². The number of anilines is 2. The number of nitrogens with one attached hydrogen (secondary N) is 1. The predicted octanol–water partition coefficient (Wildman–Crippen LogP) is 2.69. The van der Waals surface area contributed by atoms with Crippen LogP contribution in [-0.4, -0.2) is 26.4 Å². The highest BCUT2D eigenvalue weighted by Gasteiger charge is 2.29. The topological polar surface area (TPSA) is 85.8 Å². The normalized spacial score (nSPS) is 14.1. The van der Waals surface area contributed by atoms with Crippen molar-refractivity contribution in [1.29, 1.82) is 0 Å². The average Bonchev–Trinajstić information content (AvgIpc) is 3.23. The van der Waals surface area contributed by atoms with E-state index in [1.54, 1.807) is 0 Å². The number of nitrogens with zero attached hydrogens (tertiary/aromatic N) is 3. The summed E-state index contributed by atoms with van der Waals surface area (Å²) in [7, 11) is 0. The zero-order valence-corrected chi connectivity index (χ0v) is 13.5. The molecular formula is C13H14BrN5OS. The lowest BCUT2D eigenvalue weighted by Gasteiger charge is -2.07. The molecule has 3 N–H and O–H groups in total. The van der Waals surface area contributed by atoms with Crippen molar-refractivity contribution in [2.24, 2.45) is 0 Å². The van der Waals surface area contributed by atoms with Gasteiger partial charge in [0.15, 0.2) is 5.16 Å². The molecule has 1 aromatic carbocycles. The van der Waals surface area contributed by atoms with Gasteiger partial charge in [-0.05, 0) is 37.1 Å². The Balaban J connectivity index is 1.57. The molecule has 0 unspecified atom stereocenters. The second kappa shape index (κ2) is 6.07. The largest absolute Gasteiger partial charge is 0.368 e. The molecule has 1 fully saturated rings. The molecule has 21 heavy (non-hydrogen) atoms. The van der Waals surface area contributed by atoms with Gasteiger partial charge in [-0.1, -0.05) is 27.7 Å². The van der Waals surface area contributed by atoms with Gasteiger partial charge in [0.05, 0.1) is 5.75 Å². The lowest BCUT2D eigenvalue weighted by atomic mass is 10.3. The lowest BCUT2D eigenvalue weighted by molar-refractivity contribution is -0.113. The van der Waals surface area contributed by atoms with E-state index in [4.69, 9.17) is 5.73 Å². The molecule has 0 atom stereocenters. The van der Waals surface area contributed by atoms with E-state index in [0.717, 1.165) is 23.0 Å². The minimum absolute atomic E-state index is 0.0776. The summed E-state index contributed by atoms with van der Waals surface area (Å²) in [5.41, 5.74) is 6.57. The summed E-state index contributed by atoms with van der Waals surface area (Å²) in [4.78, 5) is 11.9. The summed E-state index contributed by atoms with van der Waals surface area (Å²) in [5.74, 6) is 0.626. The number of benzene rings is 1. The van der Waals surface area contributed by atoms with Crippen LogP contribution in [0.25, 0.3) is 0 Å². The molecule has 2 aromatic rings. The first-order valence-corrected chi connectivity index (χ1v) is 8.30. The molecule has 3 rings (SSSR count). The molecule has 110 valence electrons. The van der Waals surface area contributed by atoms with Gasteiger partial charge < -0.3 is 11.1 Å². The molecule has 1 amide bonds. The number of thioether (sulfide) groups is 1. The lowest BCUT2D eigenvalue weighted by Crippen LogP contribution is -2.14. The minimum Gasteiger partial charge on any atom is -0.368 e. The van der Waals surface area contributed by atoms with Crippen molar-refractivity contribution in [2.45, 2.75) is 24.0 Å². The number of carbonyl (C=O) groups is 1. The van der Waals surface area contributed by atoms with Crippen LogP contribution in [0, 0.1) is 0 Å². The molecule has 1 aromatic heterocycles. The Morgan fingerprint density at radius 1 is 1.38 bits per heavy atom. The van der Waals surface area contributed by atoms with Gasteiger partial charge in [-0.2, -0.15) is 0 Å². The first-order valence-electron chi connectivity index (χ1n) is 6.52. The third kappa shape index (κ3) is 3.56. The average molecular weight is 368 g/mol. The summed E-state index contributed by atoms with van der Waals surface area (Å²) in [5, 5.41) is 11.5. The highest BCUT2D eigenvalue weighted by atomic mass is 79.9. The van der Waals surface area contributed by atoms with E-state index in [-0.39, 0.29) is 11.7 Å². The van der Waals surface area contributed by atoms with Crippen LogP contribution in [0.3, 0.4) is 0 Å². The molecule has 0 aliphatic heterocycles. The Hall–Kier alpha value is -1.54. The van der Waals surface area contributed by atoms with Crippen LogP contribution < -0.4 is 11.1 Å². The van der Waals surface area contributed by atoms with Crippen LogP contribution in [0.15, 0.2) is 33.9 Å². The number of carbonyl (C=O) groups excluding carboxylic acids is 1.